The van der Waals surface area contributed by atoms with Gasteiger partial charge in [-0.25, -0.2) is 9.97 Å². The maximum Gasteiger partial charge on any atom is 0.258 e. The quantitative estimate of drug-likeness (QED) is 0.521. The van der Waals surface area contributed by atoms with Gasteiger partial charge >= 0.3 is 0 Å². The predicted octanol–water partition coefficient (Wildman–Crippen LogP) is 4.61. The van der Waals surface area contributed by atoms with Gasteiger partial charge in [-0.15, -0.1) is 0 Å². The molecule has 0 aliphatic carbocycles. The topological polar surface area (TPSA) is 89.4 Å². The summed E-state index contributed by atoms with van der Waals surface area (Å²) in [4.78, 5) is 36.2. The van der Waals surface area contributed by atoms with Gasteiger partial charge in [0.1, 0.15) is 11.9 Å². The second-order valence-electron chi connectivity index (χ2n) is 10.3. The predicted molar refractivity (Wildman–Crippen MR) is 142 cm³/mol. The summed E-state index contributed by atoms with van der Waals surface area (Å²) < 4.78 is 7.69. The standard InChI is InChI=1S/C28H35N5O3/c1-5-6-20-18-29-27(30-19-20)32-14-11-23(12-15-32)36-24-13-16-33(25(34)17-24)22-9-7-21(8-10-22)31-26(35)28(2,3)4/h7-10,13,16-19,23H,5-6,11-12,14-15H2,1-4H3,(H,31,35). The highest BCUT2D eigenvalue weighted by Gasteiger charge is 2.23. The molecule has 1 fully saturated rings. The van der Waals surface area contributed by atoms with Crippen LogP contribution in [-0.4, -0.2) is 39.6 Å². The number of ether oxygens (including phenoxy) is 1. The summed E-state index contributed by atoms with van der Waals surface area (Å²) in [6.45, 7) is 9.37. The lowest BCUT2D eigenvalue weighted by molar-refractivity contribution is -0.123. The zero-order chi connectivity index (χ0) is 25.7. The Morgan fingerprint density at radius 3 is 2.33 bits per heavy atom. The number of nitrogens with zero attached hydrogens (tertiary/aromatic N) is 4. The van der Waals surface area contributed by atoms with Crippen LogP contribution < -0.4 is 20.5 Å². The summed E-state index contributed by atoms with van der Waals surface area (Å²) in [6.07, 6.45) is 9.35. The van der Waals surface area contributed by atoms with E-state index in [1.54, 1.807) is 22.9 Å². The minimum Gasteiger partial charge on any atom is -0.490 e. The van der Waals surface area contributed by atoms with Crippen LogP contribution in [0.15, 0.2) is 59.8 Å². The van der Waals surface area contributed by atoms with Gasteiger partial charge in [0.2, 0.25) is 11.9 Å². The lowest BCUT2D eigenvalue weighted by atomic mass is 9.95. The number of carbonyl (C=O) groups excluding carboxylic acids is 1. The van der Waals surface area contributed by atoms with Crippen molar-refractivity contribution in [2.45, 2.75) is 59.5 Å². The first-order valence-electron chi connectivity index (χ1n) is 12.6. The van der Waals surface area contributed by atoms with E-state index in [-0.39, 0.29) is 17.6 Å². The van der Waals surface area contributed by atoms with E-state index in [9.17, 15) is 9.59 Å². The van der Waals surface area contributed by atoms with Gasteiger partial charge in [-0.2, -0.15) is 0 Å². The van der Waals surface area contributed by atoms with Crippen LogP contribution in [0.4, 0.5) is 11.6 Å². The van der Waals surface area contributed by atoms with Crippen LogP contribution in [0.25, 0.3) is 5.69 Å². The van der Waals surface area contributed by atoms with Crippen molar-refractivity contribution in [2.75, 3.05) is 23.3 Å². The van der Waals surface area contributed by atoms with Crippen LogP contribution in [0, 0.1) is 5.41 Å². The third-order valence-corrected chi connectivity index (χ3v) is 6.23. The molecule has 0 bridgehead atoms. The molecule has 4 rings (SSSR count). The fraction of sp³-hybridized carbons (Fsp3) is 0.429. The Kier molecular flexibility index (Phi) is 7.72. The van der Waals surface area contributed by atoms with E-state index in [0.717, 1.165) is 56.0 Å². The molecule has 8 heteroatoms. The molecule has 190 valence electrons. The smallest absolute Gasteiger partial charge is 0.258 e. The summed E-state index contributed by atoms with van der Waals surface area (Å²) in [5, 5.41) is 2.89. The summed E-state index contributed by atoms with van der Waals surface area (Å²) in [5.74, 6) is 1.28. The molecule has 0 atom stereocenters. The first kappa shape index (κ1) is 25.4. The van der Waals surface area contributed by atoms with Crippen molar-refractivity contribution in [2.24, 2.45) is 5.41 Å². The summed E-state index contributed by atoms with van der Waals surface area (Å²) in [5.41, 5.74) is 1.93. The lowest BCUT2D eigenvalue weighted by Gasteiger charge is -2.32. The fourth-order valence-electron chi connectivity index (χ4n) is 4.07. The molecule has 1 amide bonds. The van der Waals surface area contributed by atoms with Crippen molar-refractivity contribution in [3.05, 3.63) is 70.9 Å². The number of aryl methyl sites for hydroxylation is 1. The minimum atomic E-state index is -0.476. The highest BCUT2D eigenvalue weighted by atomic mass is 16.5. The number of nitrogens with one attached hydrogen (secondary N) is 1. The second-order valence-corrected chi connectivity index (χ2v) is 10.3. The third-order valence-electron chi connectivity index (χ3n) is 6.23. The van der Waals surface area contributed by atoms with Gasteiger partial charge in [0.25, 0.3) is 5.56 Å². The van der Waals surface area contributed by atoms with Gasteiger partial charge in [-0.05, 0) is 42.3 Å². The Hall–Kier alpha value is -3.68. The normalized spacial score (nSPS) is 14.5. The molecule has 2 aromatic heterocycles. The molecule has 3 aromatic rings. The first-order chi connectivity index (χ1) is 17.2. The lowest BCUT2D eigenvalue weighted by Crippen LogP contribution is -2.39. The van der Waals surface area contributed by atoms with E-state index in [1.807, 2.05) is 51.4 Å². The van der Waals surface area contributed by atoms with Gasteiger partial charge in [-0.3, -0.25) is 14.2 Å². The Balaban J connectivity index is 1.33. The number of amides is 1. The number of rotatable bonds is 7. The molecule has 0 unspecified atom stereocenters. The van der Waals surface area contributed by atoms with Crippen LogP contribution in [-0.2, 0) is 11.2 Å². The molecule has 3 heterocycles. The second kappa shape index (κ2) is 10.9. The number of piperidine rings is 1. The van der Waals surface area contributed by atoms with E-state index < -0.39 is 5.41 Å². The van der Waals surface area contributed by atoms with E-state index in [4.69, 9.17) is 4.74 Å². The van der Waals surface area contributed by atoms with E-state index in [2.05, 4.69) is 27.1 Å². The molecule has 36 heavy (non-hydrogen) atoms. The van der Waals surface area contributed by atoms with Crippen LogP contribution in [0.2, 0.25) is 0 Å². The van der Waals surface area contributed by atoms with Crippen LogP contribution in [0.5, 0.6) is 5.75 Å². The number of anilines is 2. The summed E-state index contributed by atoms with van der Waals surface area (Å²) in [7, 11) is 0. The maximum absolute atomic E-state index is 12.8. The van der Waals surface area contributed by atoms with E-state index in [0.29, 0.717) is 11.4 Å². The van der Waals surface area contributed by atoms with Gasteiger partial charge in [0, 0.05) is 67.4 Å². The van der Waals surface area contributed by atoms with Crippen LogP contribution in [0.3, 0.4) is 0 Å². The first-order valence-corrected chi connectivity index (χ1v) is 12.6. The van der Waals surface area contributed by atoms with Gasteiger partial charge in [0.15, 0.2) is 0 Å². The Morgan fingerprint density at radius 1 is 1.08 bits per heavy atom. The molecule has 0 spiro atoms. The maximum atomic E-state index is 12.8. The zero-order valence-electron chi connectivity index (χ0n) is 21.5. The van der Waals surface area contributed by atoms with Crippen molar-refractivity contribution in [3.63, 3.8) is 0 Å². The van der Waals surface area contributed by atoms with Crippen molar-refractivity contribution in [1.29, 1.82) is 0 Å². The highest BCUT2D eigenvalue weighted by molar-refractivity contribution is 5.94. The number of aromatic nitrogens is 3. The number of hydrogen-bond donors (Lipinski definition) is 1. The molecule has 1 aliphatic heterocycles. The molecule has 8 nitrogen and oxygen atoms in total. The van der Waals surface area contributed by atoms with Crippen LogP contribution in [0.1, 0.15) is 52.5 Å². The molecule has 0 saturated carbocycles. The van der Waals surface area contributed by atoms with E-state index in [1.165, 1.54) is 6.07 Å². The number of hydrogen-bond acceptors (Lipinski definition) is 6. The average molecular weight is 490 g/mol. The Bertz CT molecular complexity index is 1220. The molecule has 0 radical (unpaired) electrons. The molecular weight excluding hydrogens is 454 g/mol. The molecule has 1 aromatic carbocycles. The molecule has 1 saturated heterocycles. The van der Waals surface area contributed by atoms with Gasteiger partial charge < -0.3 is 15.0 Å². The van der Waals surface area contributed by atoms with Crippen molar-refractivity contribution in [1.82, 2.24) is 14.5 Å². The number of carbonyl (C=O) groups is 1. The van der Waals surface area contributed by atoms with Crippen molar-refractivity contribution < 1.29 is 9.53 Å². The number of pyridine rings is 1. The third kappa shape index (κ3) is 6.30. The van der Waals surface area contributed by atoms with Gasteiger partial charge in [0.05, 0.1) is 0 Å². The van der Waals surface area contributed by atoms with Crippen molar-refractivity contribution in [3.8, 4) is 11.4 Å². The molecule has 1 N–H and O–H groups in total. The fourth-order valence-corrected chi connectivity index (χ4v) is 4.07. The molecular formula is C28H35N5O3. The highest BCUT2D eigenvalue weighted by Crippen LogP contribution is 2.22. The largest absolute Gasteiger partial charge is 0.490 e. The monoisotopic (exact) mass is 489 g/mol. The Morgan fingerprint density at radius 2 is 1.75 bits per heavy atom. The van der Waals surface area contributed by atoms with E-state index >= 15 is 0 Å². The van der Waals surface area contributed by atoms with Gasteiger partial charge in [-0.1, -0.05) is 34.1 Å². The zero-order valence-corrected chi connectivity index (χ0v) is 21.5. The minimum absolute atomic E-state index is 0.0431. The summed E-state index contributed by atoms with van der Waals surface area (Å²) >= 11 is 0. The van der Waals surface area contributed by atoms with Crippen molar-refractivity contribution >= 4 is 17.5 Å². The molecule has 1 aliphatic rings. The average Bonchev–Trinajstić information content (AvgIpc) is 2.85. The Labute approximate surface area is 212 Å². The SMILES string of the molecule is CCCc1cnc(N2CCC(Oc3ccn(-c4ccc(NC(=O)C(C)(C)C)cc4)c(=O)c3)CC2)nc1. The summed E-state index contributed by atoms with van der Waals surface area (Å²) in [6, 6.07) is 10.6. The van der Waals surface area contributed by atoms with Crippen LogP contribution >= 0.6 is 0 Å². The number of benzene rings is 1.